The van der Waals surface area contributed by atoms with Crippen LogP contribution < -0.4 is 4.90 Å². The molecular formula is C23H22F3N3O2S. The lowest BCUT2D eigenvalue weighted by molar-refractivity contribution is -0.0435. The molecule has 0 heterocycles. The first-order valence-electron chi connectivity index (χ1n) is 9.70. The first-order valence-corrected chi connectivity index (χ1v) is 11.1. The maximum atomic E-state index is 13.2. The van der Waals surface area contributed by atoms with E-state index in [1.54, 1.807) is 54.6 Å². The summed E-state index contributed by atoms with van der Waals surface area (Å²) in [5, 5.41) is 0. The fourth-order valence-electron chi connectivity index (χ4n) is 3.06. The van der Waals surface area contributed by atoms with Gasteiger partial charge in [0.25, 0.3) is 0 Å². The van der Waals surface area contributed by atoms with E-state index in [9.17, 15) is 21.6 Å². The number of anilines is 1. The van der Waals surface area contributed by atoms with Crippen molar-refractivity contribution in [2.24, 2.45) is 4.40 Å². The van der Waals surface area contributed by atoms with E-state index < -0.39 is 15.5 Å². The molecule has 0 amide bonds. The summed E-state index contributed by atoms with van der Waals surface area (Å²) in [6.45, 7) is 0.304. The number of guanidine groups is 1. The second-order valence-corrected chi connectivity index (χ2v) is 8.63. The molecule has 3 aromatic carbocycles. The minimum atomic E-state index is -5.77. The lowest BCUT2D eigenvalue weighted by Gasteiger charge is -2.32. The van der Waals surface area contributed by atoms with E-state index in [4.69, 9.17) is 0 Å². The van der Waals surface area contributed by atoms with Gasteiger partial charge in [0, 0.05) is 25.8 Å². The van der Waals surface area contributed by atoms with Gasteiger partial charge in [-0.3, -0.25) is 0 Å². The molecule has 5 nitrogen and oxygen atoms in total. The lowest BCUT2D eigenvalue weighted by atomic mass is 10.1. The largest absolute Gasteiger partial charge is 0.518 e. The van der Waals surface area contributed by atoms with Crippen molar-refractivity contribution in [2.75, 3.05) is 11.9 Å². The number of hydrogen-bond donors (Lipinski definition) is 0. The molecule has 0 saturated carbocycles. The van der Waals surface area contributed by atoms with Gasteiger partial charge in [0.2, 0.25) is 5.96 Å². The van der Waals surface area contributed by atoms with Gasteiger partial charge in [-0.1, -0.05) is 78.9 Å². The topological polar surface area (TPSA) is 53.0 Å². The zero-order chi connectivity index (χ0) is 23.2. The second-order valence-electron chi connectivity index (χ2n) is 7.03. The normalized spacial score (nSPS) is 12.4. The molecule has 9 heteroatoms. The monoisotopic (exact) mass is 461 g/mol. The van der Waals surface area contributed by atoms with E-state index in [-0.39, 0.29) is 19.0 Å². The van der Waals surface area contributed by atoms with Crippen LogP contribution in [0.4, 0.5) is 18.9 Å². The van der Waals surface area contributed by atoms with E-state index >= 15 is 0 Å². The molecule has 168 valence electrons. The Bertz CT molecular complexity index is 1100. The Morgan fingerprint density at radius 1 is 0.781 bits per heavy atom. The smallest absolute Gasteiger partial charge is 0.333 e. The van der Waals surface area contributed by atoms with E-state index in [2.05, 4.69) is 4.40 Å². The van der Waals surface area contributed by atoms with E-state index in [0.717, 1.165) is 11.1 Å². The average Bonchev–Trinajstić information content (AvgIpc) is 2.78. The van der Waals surface area contributed by atoms with Gasteiger partial charge in [-0.15, -0.1) is 4.40 Å². The minimum Gasteiger partial charge on any atom is -0.333 e. The number of rotatable bonds is 6. The number of alkyl halides is 3. The highest BCUT2D eigenvalue weighted by atomic mass is 32.2. The molecule has 0 radical (unpaired) electrons. The highest BCUT2D eigenvalue weighted by Crippen LogP contribution is 2.27. The third-order valence-corrected chi connectivity index (χ3v) is 5.64. The molecule has 32 heavy (non-hydrogen) atoms. The van der Waals surface area contributed by atoms with Crippen LogP contribution in [0.3, 0.4) is 0 Å². The van der Waals surface area contributed by atoms with Crippen molar-refractivity contribution >= 4 is 21.7 Å². The number of hydrogen-bond acceptors (Lipinski definition) is 2. The van der Waals surface area contributed by atoms with Gasteiger partial charge in [-0.25, -0.2) is 0 Å². The average molecular weight is 462 g/mol. The Morgan fingerprint density at radius 2 is 1.19 bits per heavy atom. The Hall–Kier alpha value is -3.33. The maximum absolute atomic E-state index is 13.2. The lowest BCUT2D eigenvalue weighted by Crippen LogP contribution is -2.43. The van der Waals surface area contributed by atoms with Gasteiger partial charge in [0.05, 0.1) is 0 Å². The molecule has 0 atom stereocenters. The summed E-state index contributed by atoms with van der Waals surface area (Å²) < 4.78 is 67.1. The summed E-state index contributed by atoms with van der Waals surface area (Å²) in [4.78, 5) is 2.86. The van der Waals surface area contributed by atoms with Crippen molar-refractivity contribution in [3.63, 3.8) is 0 Å². The fraction of sp³-hybridized carbons (Fsp3) is 0.174. The van der Waals surface area contributed by atoms with Crippen molar-refractivity contribution < 1.29 is 21.6 Å². The number of nitrogens with zero attached hydrogens (tertiary/aromatic N) is 3. The van der Waals surface area contributed by atoms with Crippen LogP contribution in [-0.2, 0) is 23.1 Å². The highest BCUT2D eigenvalue weighted by Gasteiger charge is 2.47. The molecule has 3 rings (SSSR count). The molecule has 0 aliphatic heterocycles. The zero-order valence-electron chi connectivity index (χ0n) is 17.3. The molecule has 0 saturated heterocycles. The van der Waals surface area contributed by atoms with E-state index in [1.165, 1.54) is 16.8 Å². The van der Waals surface area contributed by atoms with Crippen molar-refractivity contribution in [1.29, 1.82) is 0 Å². The van der Waals surface area contributed by atoms with Crippen LogP contribution in [-0.4, -0.2) is 31.8 Å². The molecule has 3 aromatic rings. The predicted octanol–water partition coefficient (Wildman–Crippen LogP) is 5.03. The van der Waals surface area contributed by atoms with Crippen LogP contribution >= 0.6 is 0 Å². The molecule has 0 bridgehead atoms. The van der Waals surface area contributed by atoms with Crippen LogP contribution in [0.5, 0.6) is 0 Å². The van der Waals surface area contributed by atoms with Crippen LogP contribution in [0.2, 0.25) is 0 Å². The Balaban J connectivity index is 2.13. The molecule has 0 fully saturated rings. The van der Waals surface area contributed by atoms with E-state index in [0.29, 0.717) is 5.69 Å². The van der Waals surface area contributed by atoms with Crippen molar-refractivity contribution in [2.45, 2.75) is 18.6 Å². The number of benzene rings is 3. The molecule has 0 aliphatic rings. The Labute approximate surface area is 185 Å². The third kappa shape index (κ3) is 5.88. The summed E-state index contributed by atoms with van der Waals surface area (Å²) in [7, 11) is -4.29. The van der Waals surface area contributed by atoms with Crippen molar-refractivity contribution in [1.82, 2.24) is 4.90 Å². The van der Waals surface area contributed by atoms with Gasteiger partial charge in [-0.05, 0) is 23.3 Å². The van der Waals surface area contributed by atoms with Gasteiger partial charge >= 0.3 is 15.5 Å². The third-order valence-electron chi connectivity index (χ3n) is 4.65. The fourth-order valence-corrected chi connectivity index (χ4v) is 3.62. The number of sulfonamides is 1. The quantitative estimate of drug-likeness (QED) is 0.382. The van der Waals surface area contributed by atoms with Crippen LogP contribution in [0.1, 0.15) is 11.1 Å². The minimum absolute atomic E-state index is 0.152. The molecule has 0 N–H and O–H groups in total. The molecule has 0 unspecified atom stereocenters. The number of halogens is 3. The molecule has 0 aromatic heterocycles. The Kier molecular flexibility index (Phi) is 7.19. The first kappa shape index (κ1) is 23.3. The Morgan fingerprint density at radius 3 is 1.59 bits per heavy atom. The molecular weight excluding hydrogens is 439 g/mol. The van der Waals surface area contributed by atoms with Crippen molar-refractivity contribution in [3.8, 4) is 0 Å². The summed E-state index contributed by atoms with van der Waals surface area (Å²) in [6, 6.07) is 26.6. The van der Waals surface area contributed by atoms with Crippen LogP contribution in [0.25, 0.3) is 0 Å². The molecule has 0 aliphatic carbocycles. The number of para-hydroxylation sites is 1. The van der Waals surface area contributed by atoms with Gasteiger partial charge in [0.15, 0.2) is 0 Å². The van der Waals surface area contributed by atoms with Gasteiger partial charge < -0.3 is 9.80 Å². The second kappa shape index (κ2) is 9.86. The van der Waals surface area contributed by atoms with Crippen molar-refractivity contribution in [3.05, 3.63) is 102 Å². The zero-order valence-corrected chi connectivity index (χ0v) is 18.1. The van der Waals surface area contributed by atoms with Gasteiger partial charge in [0.1, 0.15) is 0 Å². The van der Waals surface area contributed by atoms with Crippen LogP contribution in [0, 0.1) is 0 Å². The first-order chi connectivity index (χ1) is 15.2. The summed E-state index contributed by atoms with van der Waals surface area (Å²) in [6.07, 6.45) is 0. The maximum Gasteiger partial charge on any atom is 0.518 e. The summed E-state index contributed by atoms with van der Waals surface area (Å²) in [5.74, 6) is -0.332. The van der Waals surface area contributed by atoms with Crippen LogP contribution in [0.15, 0.2) is 95.4 Å². The SMILES string of the molecule is CN(/C(=N\S(=O)(=O)C(F)(F)F)N(Cc1ccccc1)Cc1ccccc1)c1ccccc1. The predicted molar refractivity (Wildman–Crippen MR) is 119 cm³/mol. The summed E-state index contributed by atoms with van der Waals surface area (Å²) >= 11 is 0. The molecule has 0 spiro atoms. The summed E-state index contributed by atoms with van der Waals surface area (Å²) in [5.41, 5.74) is -3.43. The highest BCUT2D eigenvalue weighted by molar-refractivity contribution is 7.91. The van der Waals surface area contributed by atoms with E-state index in [1.807, 2.05) is 36.4 Å². The van der Waals surface area contributed by atoms with Gasteiger partial charge in [-0.2, -0.15) is 21.6 Å². The standard InChI is InChI=1S/C23H22F3N3O2S/c1-28(21-15-9-4-10-16-21)22(27-32(30,31)23(24,25)26)29(17-19-11-5-2-6-12-19)18-20-13-7-3-8-14-20/h2-16H,17-18H2,1H3/b27-22+.